The molecule has 142 valence electrons. The maximum atomic E-state index is 13.7. The van der Waals surface area contributed by atoms with Crippen LogP contribution >= 0.6 is 0 Å². The van der Waals surface area contributed by atoms with Gasteiger partial charge in [0.15, 0.2) is 0 Å². The molecule has 2 amide bonds. The van der Waals surface area contributed by atoms with Crippen molar-refractivity contribution in [3.8, 4) is 5.88 Å². The van der Waals surface area contributed by atoms with Crippen molar-refractivity contribution in [2.45, 2.75) is 31.8 Å². The van der Waals surface area contributed by atoms with Gasteiger partial charge in [-0.15, -0.1) is 0 Å². The molecule has 1 fully saturated rings. The highest BCUT2D eigenvalue weighted by molar-refractivity contribution is 5.94. The van der Waals surface area contributed by atoms with Crippen LogP contribution in [0.2, 0.25) is 0 Å². The second-order valence-electron chi connectivity index (χ2n) is 6.52. The standard InChI is InChI=1S/C20H22FN3O3/c1-27-18-10-9-14(12-22-18)19(25)24-17-8-4-6-15(17)20(26)23-11-13-5-2-3-7-16(13)21/h2-3,5,7,9-10,12,15,17H,4,6,8,11H2,1H3,(H,23,26)(H,24,25)/t15-,17+/m0/s1. The van der Waals surface area contributed by atoms with Gasteiger partial charge >= 0.3 is 0 Å². The number of nitrogens with zero attached hydrogens (tertiary/aromatic N) is 1. The average Bonchev–Trinajstić information content (AvgIpc) is 3.15. The van der Waals surface area contributed by atoms with Gasteiger partial charge in [0.1, 0.15) is 5.82 Å². The molecule has 2 atom stereocenters. The number of benzene rings is 1. The zero-order valence-corrected chi connectivity index (χ0v) is 15.1. The van der Waals surface area contributed by atoms with Crippen LogP contribution in [0.15, 0.2) is 42.6 Å². The van der Waals surface area contributed by atoms with Crippen LogP contribution in [0.4, 0.5) is 4.39 Å². The summed E-state index contributed by atoms with van der Waals surface area (Å²) in [7, 11) is 1.51. The molecule has 1 aliphatic rings. The summed E-state index contributed by atoms with van der Waals surface area (Å²) in [6.07, 6.45) is 3.71. The summed E-state index contributed by atoms with van der Waals surface area (Å²) in [6.45, 7) is 0.130. The Labute approximate surface area is 157 Å². The minimum Gasteiger partial charge on any atom is -0.481 e. The molecule has 1 heterocycles. The molecule has 0 aliphatic heterocycles. The number of nitrogens with one attached hydrogen (secondary N) is 2. The highest BCUT2D eigenvalue weighted by Crippen LogP contribution is 2.26. The summed E-state index contributed by atoms with van der Waals surface area (Å²) in [6, 6.07) is 9.33. The van der Waals surface area contributed by atoms with E-state index in [1.165, 1.54) is 19.4 Å². The largest absolute Gasteiger partial charge is 0.481 e. The lowest BCUT2D eigenvalue weighted by molar-refractivity contribution is -0.125. The van der Waals surface area contributed by atoms with Gasteiger partial charge in [0.25, 0.3) is 5.91 Å². The molecule has 2 N–H and O–H groups in total. The SMILES string of the molecule is COc1ccc(C(=O)N[C@@H]2CCC[C@@H]2C(=O)NCc2ccccc2F)cn1. The fraction of sp³-hybridized carbons (Fsp3) is 0.350. The quantitative estimate of drug-likeness (QED) is 0.817. The van der Waals surface area contributed by atoms with Crippen LogP contribution in [0.25, 0.3) is 0 Å². The molecular weight excluding hydrogens is 349 g/mol. The van der Waals surface area contributed by atoms with Crippen molar-refractivity contribution in [3.63, 3.8) is 0 Å². The lowest BCUT2D eigenvalue weighted by Crippen LogP contribution is -2.43. The van der Waals surface area contributed by atoms with E-state index in [2.05, 4.69) is 15.6 Å². The Morgan fingerprint density at radius 2 is 2.04 bits per heavy atom. The first-order valence-electron chi connectivity index (χ1n) is 8.90. The molecule has 3 rings (SSSR count). The van der Waals surface area contributed by atoms with Crippen LogP contribution in [-0.4, -0.2) is 29.9 Å². The molecule has 1 saturated carbocycles. The van der Waals surface area contributed by atoms with Crippen molar-refractivity contribution < 1.29 is 18.7 Å². The maximum Gasteiger partial charge on any atom is 0.253 e. The van der Waals surface area contributed by atoms with Crippen LogP contribution in [0, 0.1) is 11.7 Å². The number of hydrogen-bond acceptors (Lipinski definition) is 4. The van der Waals surface area contributed by atoms with Crippen molar-refractivity contribution in [1.29, 1.82) is 0 Å². The van der Waals surface area contributed by atoms with Crippen LogP contribution in [0.3, 0.4) is 0 Å². The summed E-state index contributed by atoms with van der Waals surface area (Å²) in [4.78, 5) is 29.0. The summed E-state index contributed by atoms with van der Waals surface area (Å²) in [5, 5.41) is 5.70. The van der Waals surface area contributed by atoms with Crippen LogP contribution in [-0.2, 0) is 11.3 Å². The first kappa shape index (κ1) is 18.8. The van der Waals surface area contributed by atoms with Crippen LogP contribution < -0.4 is 15.4 Å². The van der Waals surface area contributed by atoms with Gasteiger partial charge in [0.05, 0.1) is 18.6 Å². The number of ether oxygens (including phenoxy) is 1. The summed E-state index contributed by atoms with van der Waals surface area (Å²) >= 11 is 0. The molecule has 0 bridgehead atoms. The summed E-state index contributed by atoms with van der Waals surface area (Å²) in [5.74, 6) is -0.691. The minimum absolute atomic E-state index is 0.130. The highest BCUT2D eigenvalue weighted by atomic mass is 19.1. The molecule has 0 spiro atoms. The van der Waals surface area contributed by atoms with Crippen molar-refractivity contribution in [2.24, 2.45) is 5.92 Å². The second-order valence-corrected chi connectivity index (χ2v) is 6.52. The van der Waals surface area contributed by atoms with Crippen LogP contribution in [0.5, 0.6) is 5.88 Å². The Bertz CT molecular complexity index is 810. The predicted molar refractivity (Wildman–Crippen MR) is 97.6 cm³/mol. The second kappa shape index (κ2) is 8.62. The Morgan fingerprint density at radius 3 is 2.74 bits per heavy atom. The highest BCUT2D eigenvalue weighted by Gasteiger charge is 2.34. The van der Waals surface area contributed by atoms with Crippen molar-refractivity contribution in [2.75, 3.05) is 7.11 Å². The average molecular weight is 371 g/mol. The van der Waals surface area contributed by atoms with Gasteiger partial charge in [0, 0.05) is 30.4 Å². The number of halogens is 1. The van der Waals surface area contributed by atoms with Gasteiger partial charge in [-0.25, -0.2) is 9.37 Å². The van der Waals surface area contributed by atoms with Crippen LogP contribution in [0.1, 0.15) is 35.2 Å². The van der Waals surface area contributed by atoms with E-state index in [-0.39, 0.29) is 36.1 Å². The molecule has 0 unspecified atom stereocenters. The van der Waals surface area contributed by atoms with Gasteiger partial charge in [-0.3, -0.25) is 9.59 Å². The number of methoxy groups -OCH3 is 1. The topological polar surface area (TPSA) is 80.3 Å². The Morgan fingerprint density at radius 1 is 1.22 bits per heavy atom. The third-order valence-corrected chi connectivity index (χ3v) is 4.79. The normalized spacial score (nSPS) is 18.7. The minimum atomic E-state index is -0.346. The molecular formula is C20H22FN3O3. The Balaban J connectivity index is 1.58. The lowest BCUT2D eigenvalue weighted by atomic mass is 10.0. The summed E-state index contributed by atoms with van der Waals surface area (Å²) < 4.78 is 18.7. The Hall–Kier alpha value is -2.96. The van der Waals surface area contributed by atoms with Gasteiger partial charge in [-0.2, -0.15) is 0 Å². The number of carbonyl (C=O) groups excluding carboxylic acids is 2. The fourth-order valence-corrected chi connectivity index (χ4v) is 3.29. The molecule has 2 aromatic rings. The lowest BCUT2D eigenvalue weighted by Gasteiger charge is -2.20. The molecule has 0 saturated heterocycles. The number of carbonyl (C=O) groups is 2. The molecule has 7 heteroatoms. The molecule has 1 aliphatic carbocycles. The van der Waals surface area contributed by atoms with E-state index in [1.807, 2.05) is 0 Å². The smallest absolute Gasteiger partial charge is 0.253 e. The fourth-order valence-electron chi connectivity index (χ4n) is 3.29. The van der Waals surface area contributed by atoms with Gasteiger partial charge in [-0.05, 0) is 25.0 Å². The maximum absolute atomic E-state index is 13.7. The van der Waals surface area contributed by atoms with Gasteiger partial charge in [0.2, 0.25) is 11.8 Å². The summed E-state index contributed by atoms with van der Waals surface area (Å²) in [5.41, 5.74) is 0.849. The zero-order chi connectivity index (χ0) is 19.2. The van der Waals surface area contributed by atoms with Crippen molar-refractivity contribution >= 4 is 11.8 Å². The molecule has 6 nitrogen and oxygen atoms in total. The number of aromatic nitrogens is 1. The third-order valence-electron chi connectivity index (χ3n) is 4.79. The monoisotopic (exact) mass is 371 g/mol. The first-order valence-corrected chi connectivity index (χ1v) is 8.90. The molecule has 0 radical (unpaired) electrons. The van der Waals surface area contributed by atoms with E-state index >= 15 is 0 Å². The molecule has 1 aromatic carbocycles. The molecule has 27 heavy (non-hydrogen) atoms. The van der Waals surface area contributed by atoms with E-state index in [4.69, 9.17) is 4.74 Å². The van der Waals surface area contributed by atoms with E-state index in [0.717, 1.165) is 12.8 Å². The van der Waals surface area contributed by atoms with E-state index in [9.17, 15) is 14.0 Å². The number of pyridine rings is 1. The van der Waals surface area contributed by atoms with Gasteiger partial charge in [-0.1, -0.05) is 24.6 Å². The van der Waals surface area contributed by atoms with E-state index in [1.54, 1.807) is 30.3 Å². The van der Waals surface area contributed by atoms with Crippen molar-refractivity contribution in [1.82, 2.24) is 15.6 Å². The van der Waals surface area contributed by atoms with E-state index < -0.39 is 0 Å². The number of amides is 2. The number of hydrogen-bond donors (Lipinski definition) is 2. The molecule has 1 aromatic heterocycles. The zero-order valence-electron chi connectivity index (χ0n) is 15.1. The van der Waals surface area contributed by atoms with E-state index in [0.29, 0.717) is 23.4 Å². The first-order chi connectivity index (χ1) is 13.1. The Kier molecular flexibility index (Phi) is 6.01. The number of rotatable bonds is 6. The van der Waals surface area contributed by atoms with Crippen molar-refractivity contribution in [3.05, 3.63) is 59.5 Å². The van der Waals surface area contributed by atoms with Gasteiger partial charge < -0.3 is 15.4 Å². The third kappa shape index (κ3) is 4.61. The predicted octanol–water partition coefficient (Wildman–Crippen LogP) is 2.44.